The van der Waals surface area contributed by atoms with E-state index >= 15 is 0 Å². The van der Waals surface area contributed by atoms with E-state index in [1.807, 2.05) is 0 Å². The molecule has 27 heavy (non-hydrogen) atoms. The Morgan fingerprint density at radius 1 is 0.852 bits per heavy atom. The lowest BCUT2D eigenvalue weighted by Gasteiger charge is -2.32. The van der Waals surface area contributed by atoms with Crippen LogP contribution in [0, 0.1) is 11.3 Å². The third kappa shape index (κ3) is 5.10. The third-order valence-corrected chi connectivity index (χ3v) is 3.69. The molecule has 0 heterocycles. The van der Waals surface area contributed by atoms with Crippen LogP contribution in [0.25, 0.3) is 0 Å². The fourth-order valence-electron chi connectivity index (χ4n) is 2.42. The Morgan fingerprint density at radius 3 is 1.63 bits per heavy atom. The molecule has 0 amide bonds. The van der Waals surface area contributed by atoms with E-state index in [9.17, 15) is 24.0 Å². The minimum atomic E-state index is -2.65. The number of ketones is 2. The largest absolute Gasteiger partial charge is 0.468 e. The molecule has 0 radical (unpaired) electrons. The molecule has 1 unspecified atom stereocenters. The summed E-state index contributed by atoms with van der Waals surface area (Å²) in [6, 6.07) is 0. The van der Waals surface area contributed by atoms with Gasteiger partial charge >= 0.3 is 17.9 Å². The SMILES string of the molecule is COC(=O)C(=C=NC(C)(C)C)C(C(=O)OC)C(C(C)=O)(C(C)=O)C(=O)OC. The molecule has 0 aliphatic rings. The summed E-state index contributed by atoms with van der Waals surface area (Å²) in [4.78, 5) is 66.2. The van der Waals surface area contributed by atoms with Gasteiger partial charge < -0.3 is 14.2 Å². The summed E-state index contributed by atoms with van der Waals surface area (Å²) in [6.07, 6.45) is 0. The molecule has 9 heteroatoms. The van der Waals surface area contributed by atoms with E-state index in [0.29, 0.717) is 0 Å². The van der Waals surface area contributed by atoms with Gasteiger partial charge in [0.05, 0.1) is 26.9 Å². The van der Waals surface area contributed by atoms with Crippen molar-refractivity contribution in [3.05, 3.63) is 5.57 Å². The predicted octanol–water partition coefficient (Wildman–Crippen LogP) is 0.681. The Morgan fingerprint density at radius 2 is 1.33 bits per heavy atom. The van der Waals surface area contributed by atoms with Crippen LogP contribution in [0.3, 0.4) is 0 Å². The lowest BCUT2D eigenvalue weighted by molar-refractivity contribution is -0.172. The van der Waals surface area contributed by atoms with Crippen LogP contribution in [0.2, 0.25) is 0 Å². The van der Waals surface area contributed by atoms with E-state index in [1.54, 1.807) is 20.8 Å². The minimum absolute atomic E-state index is 0.602. The molecular formula is C18H25NO8. The number of rotatable bonds is 7. The zero-order valence-electron chi connectivity index (χ0n) is 16.8. The van der Waals surface area contributed by atoms with Gasteiger partial charge in [0, 0.05) is 0 Å². The first-order chi connectivity index (χ1) is 12.3. The van der Waals surface area contributed by atoms with Crippen molar-refractivity contribution in [2.75, 3.05) is 21.3 Å². The van der Waals surface area contributed by atoms with Gasteiger partial charge in [-0.2, -0.15) is 0 Å². The van der Waals surface area contributed by atoms with Crippen LogP contribution in [0.15, 0.2) is 10.6 Å². The summed E-state index contributed by atoms with van der Waals surface area (Å²) >= 11 is 0. The van der Waals surface area contributed by atoms with Gasteiger partial charge in [0.25, 0.3) is 0 Å². The molecule has 0 fully saturated rings. The Hall–Kier alpha value is -2.80. The molecule has 0 bridgehead atoms. The molecule has 0 saturated carbocycles. The van der Waals surface area contributed by atoms with Gasteiger partial charge in [0.2, 0.25) is 5.41 Å². The number of hydrogen-bond donors (Lipinski definition) is 0. The Bertz CT molecular complexity index is 693. The fraction of sp³-hybridized carbons (Fsp3) is 0.611. The molecule has 0 aliphatic heterocycles. The molecule has 0 saturated heterocycles. The number of nitrogens with zero attached hydrogens (tertiary/aromatic N) is 1. The zero-order chi connectivity index (χ0) is 21.6. The molecule has 0 aromatic carbocycles. The van der Waals surface area contributed by atoms with Crippen molar-refractivity contribution in [3.63, 3.8) is 0 Å². The van der Waals surface area contributed by atoms with Crippen LogP contribution in [-0.2, 0) is 38.2 Å². The Kier molecular flexibility index (Phi) is 8.27. The number of ether oxygens (including phenoxy) is 3. The topological polar surface area (TPSA) is 125 Å². The molecule has 0 aromatic heterocycles. The van der Waals surface area contributed by atoms with E-state index in [-0.39, 0.29) is 0 Å². The lowest BCUT2D eigenvalue weighted by Crippen LogP contribution is -2.55. The number of esters is 3. The molecule has 150 valence electrons. The smallest absolute Gasteiger partial charge is 0.344 e. The second-order valence-electron chi connectivity index (χ2n) is 6.67. The van der Waals surface area contributed by atoms with Crippen LogP contribution in [0.5, 0.6) is 0 Å². The van der Waals surface area contributed by atoms with Crippen molar-refractivity contribution < 1.29 is 38.2 Å². The zero-order valence-corrected chi connectivity index (χ0v) is 16.8. The second kappa shape index (κ2) is 9.23. The van der Waals surface area contributed by atoms with Crippen molar-refractivity contribution in [3.8, 4) is 0 Å². The fourth-order valence-corrected chi connectivity index (χ4v) is 2.42. The number of methoxy groups -OCH3 is 3. The summed E-state index contributed by atoms with van der Waals surface area (Å²) < 4.78 is 13.9. The maximum absolute atomic E-state index is 12.5. The van der Waals surface area contributed by atoms with E-state index in [2.05, 4.69) is 25.1 Å². The predicted molar refractivity (Wildman–Crippen MR) is 94.0 cm³/mol. The molecular weight excluding hydrogens is 358 g/mol. The molecule has 0 aliphatic carbocycles. The highest BCUT2D eigenvalue weighted by Crippen LogP contribution is 2.38. The van der Waals surface area contributed by atoms with Gasteiger partial charge in [-0.15, -0.1) is 0 Å². The van der Waals surface area contributed by atoms with Crippen molar-refractivity contribution in [1.82, 2.24) is 0 Å². The lowest BCUT2D eigenvalue weighted by atomic mass is 9.66. The number of carbonyl (C=O) groups is 5. The average Bonchev–Trinajstić information content (AvgIpc) is 2.57. The van der Waals surface area contributed by atoms with Gasteiger partial charge in [0.15, 0.2) is 11.6 Å². The first kappa shape index (κ1) is 24.2. The molecule has 1 atom stereocenters. The standard InChI is InChI=1S/C18H25NO8/c1-10(20)18(11(2)21,16(24)27-8)13(15(23)26-7)12(14(22)25-6)9-19-17(3,4)5/h13H,1-8H3. The Labute approximate surface area is 157 Å². The molecule has 9 nitrogen and oxygen atoms in total. The highest BCUT2D eigenvalue weighted by molar-refractivity contribution is 6.25. The van der Waals surface area contributed by atoms with Crippen molar-refractivity contribution >= 4 is 35.3 Å². The van der Waals surface area contributed by atoms with Gasteiger partial charge in [-0.1, -0.05) is 0 Å². The van der Waals surface area contributed by atoms with E-state index in [4.69, 9.17) is 0 Å². The number of hydrogen-bond acceptors (Lipinski definition) is 9. The highest BCUT2D eigenvalue weighted by atomic mass is 16.5. The molecule has 0 N–H and O–H groups in total. The maximum Gasteiger partial charge on any atom is 0.344 e. The van der Waals surface area contributed by atoms with Crippen molar-refractivity contribution in [1.29, 1.82) is 0 Å². The summed E-state index contributed by atoms with van der Waals surface area (Å²) in [5, 5.41) is 0. The van der Waals surface area contributed by atoms with Crippen molar-refractivity contribution in [2.24, 2.45) is 16.3 Å². The normalized spacial score (nSPS) is 12.1. The van der Waals surface area contributed by atoms with Crippen LogP contribution in [0.1, 0.15) is 34.6 Å². The Balaban J connectivity index is 7.28. The van der Waals surface area contributed by atoms with Crippen LogP contribution < -0.4 is 0 Å². The maximum atomic E-state index is 12.5. The number of aliphatic imine (C=N–C) groups is 1. The molecule has 0 aromatic rings. The first-order valence-electron chi connectivity index (χ1n) is 7.92. The quantitative estimate of drug-likeness (QED) is 0.207. The number of carbonyl (C=O) groups excluding carboxylic acids is 5. The minimum Gasteiger partial charge on any atom is -0.468 e. The molecule has 0 spiro atoms. The summed E-state index contributed by atoms with van der Waals surface area (Å²) in [7, 11) is 2.95. The van der Waals surface area contributed by atoms with Gasteiger partial charge in [-0.05, 0) is 40.5 Å². The van der Waals surface area contributed by atoms with Crippen molar-refractivity contribution in [2.45, 2.75) is 40.2 Å². The van der Waals surface area contributed by atoms with Crippen LogP contribution in [-0.4, -0.2) is 62.2 Å². The first-order valence-corrected chi connectivity index (χ1v) is 7.92. The average molecular weight is 383 g/mol. The van der Waals surface area contributed by atoms with E-state index in [0.717, 1.165) is 35.2 Å². The molecule has 0 rings (SSSR count). The van der Waals surface area contributed by atoms with Crippen LogP contribution in [0.4, 0.5) is 0 Å². The second-order valence-corrected chi connectivity index (χ2v) is 6.67. The number of Topliss-reactive ketones (excluding diaryl/α,β-unsaturated/α-hetero) is 2. The third-order valence-electron chi connectivity index (χ3n) is 3.69. The summed E-state index contributed by atoms with van der Waals surface area (Å²) in [5.74, 6) is -5.22. The van der Waals surface area contributed by atoms with E-state index in [1.165, 1.54) is 0 Å². The summed E-state index contributed by atoms with van der Waals surface area (Å²) in [6.45, 7) is 6.93. The van der Waals surface area contributed by atoms with Crippen LogP contribution >= 0.6 is 0 Å². The monoisotopic (exact) mass is 383 g/mol. The van der Waals surface area contributed by atoms with Gasteiger partial charge in [-0.3, -0.25) is 19.2 Å². The van der Waals surface area contributed by atoms with Gasteiger partial charge in [0.1, 0.15) is 11.5 Å². The van der Waals surface area contributed by atoms with E-state index < -0.39 is 51.9 Å². The summed E-state index contributed by atoms with van der Waals surface area (Å²) in [5.41, 5.74) is -3.97. The van der Waals surface area contributed by atoms with Gasteiger partial charge in [-0.25, -0.2) is 9.79 Å². The highest BCUT2D eigenvalue weighted by Gasteiger charge is 2.61.